The predicted molar refractivity (Wildman–Crippen MR) is 85.6 cm³/mol. The minimum absolute atomic E-state index is 0.0147. The van der Waals surface area contributed by atoms with E-state index in [2.05, 4.69) is 23.5 Å². The zero-order chi connectivity index (χ0) is 14.7. The molecule has 0 aliphatic heterocycles. The molecule has 114 valence electrons. The molecule has 3 nitrogen and oxygen atoms in total. The van der Waals surface area contributed by atoms with Crippen LogP contribution in [-0.4, -0.2) is 28.9 Å². The first-order chi connectivity index (χ1) is 10.1. The molecule has 1 amide bonds. The van der Waals surface area contributed by atoms with Crippen LogP contribution in [0.3, 0.4) is 0 Å². The Labute approximate surface area is 130 Å². The third-order valence-electron chi connectivity index (χ3n) is 4.59. The van der Waals surface area contributed by atoms with Crippen molar-refractivity contribution in [3.8, 4) is 0 Å². The molecule has 1 aromatic rings. The first kappa shape index (κ1) is 14.9. The van der Waals surface area contributed by atoms with Gasteiger partial charge in [-0.05, 0) is 55.4 Å². The van der Waals surface area contributed by atoms with Crippen molar-refractivity contribution >= 4 is 17.7 Å². The van der Waals surface area contributed by atoms with E-state index in [1.807, 2.05) is 0 Å². The lowest BCUT2D eigenvalue weighted by molar-refractivity contribution is -0.119. The quantitative estimate of drug-likeness (QED) is 0.822. The van der Waals surface area contributed by atoms with Crippen LogP contribution in [0.25, 0.3) is 0 Å². The maximum Gasteiger partial charge on any atom is 0.230 e. The summed E-state index contributed by atoms with van der Waals surface area (Å²) in [6.07, 6.45) is 7.37. The fourth-order valence-electron chi connectivity index (χ4n) is 3.31. The van der Waals surface area contributed by atoms with Gasteiger partial charge in [-0.15, -0.1) is 11.8 Å². The zero-order valence-electron chi connectivity index (χ0n) is 12.4. The molecular weight excluding hydrogens is 282 g/mol. The van der Waals surface area contributed by atoms with Gasteiger partial charge in [0.05, 0.1) is 11.4 Å². The van der Waals surface area contributed by atoms with Crippen molar-refractivity contribution in [2.75, 3.05) is 12.3 Å². The van der Waals surface area contributed by atoms with Gasteiger partial charge in [0.25, 0.3) is 0 Å². The van der Waals surface area contributed by atoms with Crippen LogP contribution >= 0.6 is 11.8 Å². The predicted octanol–water partition coefficient (Wildman–Crippen LogP) is 2.69. The summed E-state index contributed by atoms with van der Waals surface area (Å²) >= 11 is 1.58. The number of hydrogen-bond acceptors (Lipinski definition) is 3. The molecule has 0 bridgehead atoms. The van der Waals surface area contributed by atoms with Gasteiger partial charge in [-0.25, -0.2) is 0 Å². The van der Waals surface area contributed by atoms with Gasteiger partial charge in [-0.3, -0.25) is 4.79 Å². The maximum atomic E-state index is 11.9. The van der Waals surface area contributed by atoms with Crippen molar-refractivity contribution in [3.63, 3.8) is 0 Å². The first-order valence-electron chi connectivity index (χ1n) is 7.88. The number of thioether (sulfide) groups is 1. The Balaban J connectivity index is 1.45. The molecule has 0 heterocycles. The van der Waals surface area contributed by atoms with Crippen molar-refractivity contribution in [2.24, 2.45) is 0 Å². The largest absolute Gasteiger partial charge is 0.388 e. The van der Waals surface area contributed by atoms with Crippen LogP contribution in [0.4, 0.5) is 0 Å². The Morgan fingerprint density at radius 3 is 2.76 bits per heavy atom. The van der Waals surface area contributed by atoms with Crippen LogP contribution in [-0.2, 0) is 17.6 Å². The van der Waals surface area contributed by atoms with Crippen molar-refractivity contribution in [1.82, 2.24) is 5.32 Å². The molecule has 2 aliphatic rings. The van der Waals surface area contributed by atoms with Crippen molar-refractivity contribution in [2.45, 2.75) is 55.4 Å². The monoisotopic (exact) mass is 305 g/mol. The van der Waals surface area contributed by atoms with E-state index < -0.39 is 5.60 Å². The van der Waals surface area contributed by atoms with Gasteiger partial charge in [0.1, 0.15) is 0 Å². The number of benzene rings is 1. The van der Waals surface area contributed by atoms with Crippen LogP contribution in [0.1, 0.15) is 43.2 Å². The molecule has 1 aromatic carbocycles. The third kappa shape index (κ3) is 3.80. The molecule has 1 fully saturated rings. The summed E-state index contributed by atoms with van der Waals surface area (Å²) in [7, 11) is 0. The highest BCUT2D eigenvalue weighted by molar-refractivity contribution is 8.00. The fourth-order valence-corrected chi connectivity index (χ4v) is 4.10. The molecule has 4 heteroatoms. The Kier molecular flexibility index (Phi) is 4.55. The normalized spacial score (nSPS) is 19.5. The van der Waals surface area contributed by atoms with E-state index in [1.165, 1.54) is 35.3 Å². The molecule has 1 saturated carbocycles. The van der Waals surface area contributed by atoms with E-state index >= 15 is 0 Å². The summed E-state index contributed by atoms with van der Waals surface area (Å²) in [6.45, 7) is 0.399. The summed E-state index contributed by atoms with van der Waals surface area (Å²) in [5, 5.41) is 13.1. The lowest BCUT2D eigenvalue weighted by Gasteiger charge is -2.22. The fraction of sp³-hybridized carbons (Fsp3) is 0.588. The molecule has 2 N–H and O–H groups in total. The number of nitrogens with one attached hydrogen (secondary N) is 1. The van der Waals surface area contributed by atoms with E-state index in [-0.39, 0.29) is 5.91 Å². The summed E-state index contributed by atoms with van der Waals surface area (Å²) in [5.74, 6) is 0.440. The van der Waals surface area contributed by atoms with Crippen LogP contribution in [0.15, 0.2) is 23.1 Å². The minimum Gasteiger partial charge on any atom is -0.388 e. The van der Waals surface area contributed by atoms with Gasteiger partial charge in [0.2, 0.25) is 5.91 Å². The lowest BCUT2D eigenvalue weighted by Crippen LogP contribution is -2.41. The molecular formula is C17H23NO2S. The second-order valence-electron chi connectivity index (χ2n) is 6.28. The Morgan fingerprint density at radius 1 is 1.19 bits per heavy atom. The van der Waals surface area contributed by atoms with E-state index in [1.54, 1.807) is 11.8 Å². The van der Waals surface area contributed by atoms with E-state index in [0.717, 1.165) is 25.7 Å². The average Bonchev–Trinajstić information content (AvgIpc) is 3.11. The molecule has 3 rings (SSSR count). The molecule has 0 radical (unpaired) electrons. The zero-order valence-corrected chi connectivity index (χ0v) is 13.2. The highest BCUT2D eigenvalue weighted by Crippen LogP contribution is 2.29. The van der Waals surface area contributed by atoms with Crippen LogP contribution < -0.4 is 5.32 Å². The number of aryl methyl sites for hydroxylation is 2. The maximum absolute atomic E-state index is 11.9. The molecule has 0 unspecified atom stereocenters. The lowest BCUT2D eigenvalue weighted by atomic mass is 10.0. The van der Waals surface area contributed by atoms with Gasteiger partial charge in [0.15, 0.2) is 0 Å². The number of rotatable bonds is 5. The standard InChI is InChI=1S/C17H23NO2S/c19-16(18-12-17(20)8-1-2-9-17)11-21-15-7-6-13-4-3-5-14(13)10-15/h6-7,10,20H,1-5,8-9,11-12H2,(H,18,19). The number of fused-ring (bicyclic) bond motifs is 1. The van der Waals surface area contributed by atoms with E-state index in [9.17, 15) is 9.90 Å². The number of aliphatic hydroxyl groups is 1. The third-order valence-corrected chi connectivity index (χ3v) is 5.58. The van der Waals surface area contributed by atoms with Gasteiger partial charge >= 0.3 is 0 Å². The summed E-state index contributed by atoms with van der Waals surface area (Å²) in [6, 6.07) is 6.54. The average molecular weight is 305 g/mol. The minimum atomic E-state index is -0.659. The molecule has 0 aromatic heterocycles. The Hall–Kier alpha value is -1.00. The Bertz CT molecular complexity index is 524. The molecule has 0 spiro atoms. The summed E-state index contributed by atoms with van der Waals surface area (Å²) in [4.78, 5) is 13.1. The number of amides is 1. The second-order valence-corrected chi connectivity index (χ2v) is 7.33. The van der Waals surface area contributed by atoms with Crippen molar-refractivity contribution in [1.29, 1.82) is 0 Å². The number of carbonyl (C=O) groups excluding carboxylic acids is 1. The number of hydrogen-bond donors (Lipinski definition) is 2. The van der Waals surface area contributed by atoms with Crippen LogP contribution in [0, 0.1) is 0 Å². The first-order valence-corrected chi connectivity index (χ1v) is 8.87. The van der Waals surface area contributed by atoms with Crippen molar-refractivity contribution in [3.05, 3.63) is 29.3 Å². The smallest absolute Gasteiger partial charge is 0.230 e. The van der Waals surface area contributed by atoms with Gasteiger partial charge in [0, 0.05) is 11.4 Å². The highest BCUT2D eigenvalue weighted by atomic mass is 32.2. The molecule has 21 heavy (non-hydrogen) atoms. The van der Waals surface area contributed by atoms with Crippen molar-refractivity contribution < 1.29 is 9.90 Å². The molecule has 0 saturated heterocycles. The van der Waals surface area contributed by atoms with Crippen LogP contribution in [0.5, 0.6) is 0 Å². The Morgan fingerprint density at radius 2 is 1.95 bits per heavy atom. The van der Waals surface area contributed by atoms with Gasteiger partial charge in [-0.2, -0.15) is 0 Å². The molecule has 2 aliphatic carbocycles. The summed E-state index contributed by atoms with van der Waals surface area (Å²) in [5.41, 5.74) is 2.25. The van der Waals surface area contributed by atoms with E-state index in [4.69, 9.17) is 0 Å². The molecule has 0 atom stereocenters. The van der Waals surface area contributed by atoms with Crippen LogP contribution in [0.2, 0.25) is 0 Å². The summed E-state index contributed by atoms with van der Waals surface area (Å²) < 4.78 is 0. The second kappa shape index (κ2) is 6.41. The van der Waals surface area contributed by atoms with Gasteiger partial charge < -0.3 is 10.4 Å². The van der Waals surface area contributed by atoms with Gasteiger partial charge in [-0.1, -0.05) is 18.9 Å². The SMILES string of the molecule is O=C(CSc1ccc2c(c1)CCC2)NCC1(O)CCCC1. The highest BCUT2D eigenvalue weighted by Gasteiger charge is 2.31. The number of carbonyl (C=O) groups is 1. The topological polar surface area (TPSA) is 49.3 Å². The van der Waals surface area contributed by atoms with E-state index in [0.29, 0.717) is 12.3 Å².